The van der Waals surface area contributed by atoms with Gasteiger partial charge in [0.2, 0.25) is 5.91 Å². The highest BCUT2D eigenvalue weighted by atomic mass is 16.5. The zero-order valence-corrected chi connectivity index (χ0v) is 11.5. The predicted molar refractivity (Wildman–Crippen MR) is 74.6 cm³/mol. The van der Waals surface area contributed by atoms with Gasteiger partial charge in [0.25, 0.3) is 0 Å². The molecular weight excluding hydrogens is 258 g/mol. The van der Waals surface area contributed by atoms with Gasteiger partial charge in [-0.05, 0) is 19.1 Å². The van der Waals surface area contributed by atoms with Gasteiger partial charge in [-0.1, -0.05) is 17.3 Å². The maximum atomic E-state index is 11.8. The van der Waals surface area contributed by atoms with E-state index >= 15 is 0 Å². The van der Waals surface area contributed by atoms with Crippen LogP contribution in [0.15, 0.2) is 34.9 Å². The molecule has 6 nitrogen and oxygen atoms in total. The first-order valence-electron chi connectivity index (χ1n) is 6.25. The topological polar surface area (TPSA) is 76.4 Å². The Morgan fingerprint density at radius 2 is 2.20 bits per heavy atom. The van der Waals surface area contributed by atoms with Crippen molar-refractivity contribution in [1.29, 1.82) is 0 Å². The van der Waals surface area contributed by atoms with Gasteiger partial charge in [-0.2, -0.15) is 0 Å². The number of benzene rings is 1. The first-order valence-corrected chi connectivity index (χ1v) is 6.25. The summed E-state index contributed by atoms with van der Waals surface area (Å²) in [5, 5.41) is 9.61. The van der Waals surface area contributed by atoms with Gasteiger partial charge in [0.15, 0.2) is 0 Å². The van der Waals surface area contributed by atoms with Crippen LogP contribution >= 0.6 is 0 Å². The molecule has 0 aliphatic carbocycles. The van der Waals surface area contributed by atoms with Gasteiger partial charge in [0, 0.05) is 12.6 Å². The molecule has 0 unspecified atom stereocenters. The van der Waals surface area contributed by atoms with Crippen molar-refractivity contribution in [2.45, 2.75) is 13.5 Å². The summed E-state index contributed by atoms with van der Waals surface area (Å²) in [4.78, 5) is 11.8. The van der Waals surface area contributed by atoms with E-state index in [1.807, 2.05) is 25.1 Å². The minimum absolute atomic E-state index is 0.144. The van der Waals surface area contributed by atoms with Crippen LogP contribution in [0.4, 0.5) is 5.69 Å². The summed E-state index contributed by atoms with van der Waals surface area (Å²) in [6.07, 6.45) is 0. The lowest BCUT2D eigenvalue weighted by Crippen LogP contribution is -2.27. The molecule has 2 aromatic rings. The Labute approximate surface area is 117 Å². The summed E-state index contributed by atoms with van der Waals surface area (Å²) in [7, 11) is 1.57. The molecule has 0 fully saturated rings. The number of rotatable bonds is 6. The molecule has 1 heterocycles. The van der Waals surface area contributed by atoms with E-state index in [-0.39, 0.29) is 12.5 Å². The third-order valence-corrected chi connectivity index (χ3v) is 2.65. The first-order chi connectivity index (χ1) is 9.69. The minimum Gasteiger partial charge on any atom is -0.495 e. The van der Waals surface area contributed by atoms with Crippen molar-refractivity contribution in [1.82, 2.24) is 10.5 Å². The van der Waals surface area contributed by atoms with Crippen molar-refractivity contribution in [3.63, 3.8) is 0 Å². The van der Waals surface area contributed by atoms with Gasteiger partial charge in [-0.25, -0.2) is 0 Å². The van der Waals surface area contributed by atoms with Gasteiger partial charge in [0.05, 0.1) is 25.0 Å². The van der Waals surface area contributed by atoms with Crippen molar-refractivity contribution in [2.24, 2.45) is 0 Å². The predicted octanol–water partition coefficient (Wildman–Crippen LogP) is 1.72. The number of anilines is 1. The molecule has 0 aliphatic rings. The second-order valence-electron chi connectivity index (χ2n) is 4.28. The highest BCUT2D eigenvalue weighted by Gasteiger charge is 2.07. The number of aryl methyl sites for hydroxylation is 1. The number of methoxy groups -OCH3 is 1. The Kier molecular flexibility index (Phi) is 4.73. The molecule has 1 aromatic heterocycles. The van der Waals surface area contributed by atoms with Crippen molar-refractivity contribution in [2.75, 3.05) is 19.0 Å². The van der Waals surface area contributed by atoms with Gasteiger partial charge in [-0.15, -0.1) is 0 Å². The number of aromatic nitrogens is 1. The van der Waals surface area contributed by atoms with Crippen LogP contribution in [0.25, 0.3) is 0 Å². The number of ether oxygens (including phenoxy) is 1. The summed E-state index contributed by atoms with van der Waals surface area (Å²) < 4.78 is 10.1. The van der Waals surface area contributed by atoms with Crippen molar-refractivity contribution < 1.29 is 14.1 Å². The molecule has 0 atom stereocenters. The fraction of sp³-hybridized carbons (Fsp3) is 0.286. The molecule has 6 heteroatoms. The summed E-state index contributed by atoms with van der Waals surface area (Å²) in [5.41, 5.74) is 1.42. The van der Waals surface area contributed by atoms with Crippen molar-refractivity contribution in [3.05, 3.63) is 41.8 Å². The molecule has 2 N–H and O–H groups in total. The Bertz CT molecular complexity index is 581. The first kappa shape index (κ1) is 14.1. The molecular formula is C14H17N3O3. The Hall–Kier alpha value is -2.34. The normalized spacial score (nSPS) is 10.3. The van der Waals surface area contributed by atoms with E-state index in [0.29, 0.717) is 18.0 Å². The maximum absolute atomic E-state index is 11.8. The molecule has 0 saturated heterocycles. The van der Waals surface area contributed by atoms with Crippen molar-refractivity contribution in [3.8, 4) is 5.75 Å². The SMILES string of the molecule is COc1ccccc1NC(=O)CNCc1cc(C)on1. The van der Waals surface area contributed by atoms with Crippen LogP contribution in [0, 0.1) is 6.92 Å². The van der Waals surface area contributed by atoms with Crippen molar-refractivity contribution >= 4 is 11.6 Å². The second-order valence-corrected chi connectivity index (χ2v) is 4.28. The molecule has 20 heavy (non-hydrogen) atoms. The van der Waals surface area contributed by atoms with E-state index in [4.69, 9.17) is 9.26 Å². The van der Waals surface area contributed by atoms with Crippen LogP contribution in [-0.4, -0.2) is 24.7 Å². The standard InChI is InChI=1S/C14H17N3O3/c1-10-7-11(17-20-10)8-15-9-14(18)16-12-5-3-4-6-13(12)19-2/h3-7,15H,8-9H2,1-2H3,(H,16,18). The van der Waals surface area contributed by atoms with Crippen LogP contribution in [0.1, 0.15) is 11.5 Å². The molecule has 0 radical (unpaired) electrons. The zero-order valence-electron chi connectivity index (χ0n) is 11.5. The Morgan fingerprint density at radius 3 is 2.90 bits per heavy atom. The molecule has 2 rings (SSSR count). The van der Waals surface area contributed by atoms with Crippen LogP contribution in [0.3, 0.4) is 0 Å². The van der Waals surface area contributed by atoms with Crippen LogP contribution in [-0.2, 0) is 11.3 Å². The third kappa shape index (κ3) is 3.83. The quantitative estimate of drug-likeness (QED) is 0.839. The van der Waals surface area contributed by atoms with Gasteiger partial charge >= 0.3 is 0 Å². The molecule has 106 valence electrons. The molecule has 0 aliphatic heterocycles. The van der Waals surface area contributed by atoms with E-state index in [9.17, 15) is 4.79 Å². The lowest BCUT2D eigenvalue weighted by atomic mass is 10.3. The maximum Gasteiger partial charge on any atom is 0.238 e. The number of carbonyl (C=O) groups is 1. The smallest absolute Gasteiger partial charge is 0.238 e. The number of hydrogen-bond donors (Lipinski definition) is 2. The van der Waals surface area contributed by atoms with Gasteiger partial charge in [0.1, 0.15) is 11.5 Å². The zero-order chi connectivity index (χ0) is 14.4. The lowest BCUT2D eigenvalue weighted by molar-refractivity contribution is -0.115. The van der Waals surface area contributed by atoms with E-state index in [0.717, 1.165) is 11.5 Å². The number of para-hydroxylation sites is 2. The van der Waals surface area contributed by atoms with E-state index in [1.165, 1.54) is 0 Å². The Morgan fingerprint density at radius 1 is 1.40 bits per heavy atom. The number of hydrogen-bond acceptors (Lipinski definition) is 5. The van der Waals surface area contributed by atoms with Crippen LogP contribution in [0.5, 0.6) is 5.75 Å². The summed E-state index contributed by atoms with van der Waals surface area (Å²) in [6.45, 7) is 2.49. The van der Waals surface area contributed by atoms with Crippen LogP contribution in [0.2, 0.25) is 0 Å². The highest BCUT2D eigenvalue weighted by molar-refractivity contribution is 5.93. The number of nitrogens with one attached hydrogen (secondary N) is 2. The number of nitrogens with zero attached hydrogens (tertiary/aromatic N) is 1. The van der Waals surface area contributed by atoms with E-state index in [1.54, 1.807) is 19.2 Å². The van der Waals surface area contributed by atoms with E-state index in [2.05, 4.69) is 15.8 Å². The second kappa shape index (κ2) is 6.72. The highest BCUT2D eigenvalue weighted by Crippen LogP contribution is 2.22. The molecule has 0 spiro atoms. The lowest BCUT2D eigenvalue weighted by Gasteiger charge is -2.09. The summed E-state index contributed by atoms with van der Waals surface area (Å²) in [5.74, 6) is 1.24. The fourth-order valence-corrected chi connectivity index (χ4v) is 1.75. The van der Waals surface area contributed by atoms with Crippen LogP contribution < -0.4 is 15.4 Å². The van der Waals surface area contributed by atoms with Gasteiger partial charge in [-0.3, -0.25) is 4.79 Å². The fourth-order valence-electron chi connectivity index (χ4n) is 1.75. The average molecular weight is 275 g/mol. The summed E-state index contributed by atoms with van der Waals surface area (Å²) in [6, 6.07) is 9.09. The largest absolute Gasteiger partial charge is 0.495 e. The molecule has 1 aromatic carbocycles. The van der Waals surface area contributed by atoms with Gasteiger partial charge < -0.3 is 19.9 Å². The average Bonchev–Trinajstić information content (AvgIpc) is 2.85. The molecule has 0 saturated carbocycles. The molecule has 0 bridgehead atoms. The van der Waals surface area contributed by atoms with E-state index < -0.39 is 0 Å². The minimum atomic E-state index is -0.144. The Balaban J connectivity index is 1.80. The molecule has 1 amide bonds. The summed E-state index contributed by atoms with van der Waals surface area (Å²) >= 11 is 0. The number of amides is 1. The monoisotopic (exact) mass is 275 g/mol. The third-order valence-electron chi connectivity index (χ3n) is 2.65. The number of carbonyl (C=O) groups excluding carboxylic acids is 1.